The van der Waals surface area contributed by atoms with Crippen molar-refractivity contribution in [3.8, 4) is 0 Å². The first-order valence-electron chi connectivity index (χ1n) is 3.66. The number of nitrogen functional groups attached to an aromatic ring is 1. The molecule has 0 saturated carbocycles. The molecule has 0 spiro atoms. The Hall–Kier alpha value is -0.630. The highest BCUT2D eigenvalue weighted by Crippen LogP contribution is 2.38. The van der Waals surface area contributed by atoms with Gasteiger partial charge in [0.05, 0.1) is 16.0 Å². The van der Waals surface area contributed by atoms with Gasteiger partial charge in [-0.2, -0.15) is 8.42 Å². The molecule has 0 atom stereocenters. The maximum atomic E-state index is 11.0. The van der Waals surface area contributed by atoms with E-state index in [1.807, 2.05) is 0 Å². The molecule has 0 bridgehead atoms. The van der Waals surface area contributed by atoms with Gasteiger partial charge in [-0.15, -0.1) is 0 Å². The van der Waals surface area contributed by atoms with Crippen LogP contribution in [-0.4, -0.2) is 22.8 Å². The summed E-state index contributed by atoms with van der Waals surface area (Å²) >= 11 is 5.49. The summed E-state index contributed by atoms with van der Waals surface area (Å²) in [5, 5.41) is -1.12. The summed E-state index contributed by atoms with van der Waals surface area (Å²) in [5.41, 5.74) is 5.08. The van der Waals surface area contributed by atoms with Crippen LogP contribution in [0, 0.1) is 0 Å². The van der Waals surface area contributed by atoms with E-state index in [-0.39, 0.29) is 10.7 Å². The van der Waals surface area contributed by atoms with E-state index in [0.717, 1.165) is 0 Å². The summed E-state index contributed by atoms with van der Waals surface area (Å²) in [7, 11) is -9.66. The van der Waals surface area contributed by atoms with Gasteiger partial charge in [0, 0.05) is 0 Å². The van der Waals surface area contributed by atoms with Crippen LogP contribution in [0.4, 0.5) is 5.69 Å². The minimum absolute atomic E-state index is 0.201. The summed E-state index contributed by atoms with van der Waals surface area (Å²) in [5.74, 6) is 0. The third kappa shape index (κ3) is 2.73. The summed E-state index contributed by atoms with van der Waals surface area (Å²) in [6.45, 7) is 0. The maximum absolute atomic E-state index is 11.0. The van der Waals surface area contributed by atoms with Crippen molar-refractivity contribution in [3.05, 3.63) is 17.2 Å². The molecule has 7 nitrogen and oxygen atoms in total. The number of hydrogen-bond acceptors (Lipinski definition) is 4. The van der Waals surface area contributed by atoms with Gasteiger partial charge in [-0.1, -0.05) is 11.6 Å². The molecule has 0 heterocycles. The fourth-order valence-electron chi connectivity index (χ4n) is 0.994. The summed E-state index contributed by atoms with van der Waals surface area (Å²) in [6, 6.07) is 1.40. The minimum Gasteiger partial charge on any atom is -0.397 e. The fraction of sp³-hybridized carbons (Fsp3) is 0. The lowest BCUT2D eigenvalue weighted by Gasteiger charge is -2.10. The molecule has 5 N–H and O–H groups in total. The van der Waals surface area contributed by atoms with Crippen molar-refractivity contribution < 1.29 is 27.3 Å². The standard InChI is InChI=1S/C6H7ClNO6PS/c7-3-1-6(16(12,13)14)5(2-4(3)8)15(9,10)11/h1-2H,8H2,(H2,9,10,11)(H,12,13,14). The molecule has 0 aliphatic heterocycles. The van der Waals surface area contributed by atoms with E-state index in [2.05, 4.69) is 0 Å². The first-order valence-corrected chi connectivity index (χ1v) is 7.09. The second kappa shape index (κ2) is 3.99. The predicted octanol–water partition coefficient (Wildman–Crippen LogP) is -0.0281. The molecule has 0 radical (unpaired) electrons. The molecular formula is C6H7ClNO6PS. The summed E-state index contributed by atoms with van der Waals surface area (Å²) in [4.78, 5) is 16.8. The average molecular weight is 288 g/mol. The second-order valence-electron chi connectivity index (χ2n) is 2.86. The molecule has 0 aliphatic carbocycles. The van der Waals surface area contributed by atoms with Crippen molar-refractivity contribution in [3.63, 3.8) is 0 Å². The van der Waals surface area contributed by atoms with Crippen molar-refractivity contribution in [1.82, 2.24) is 0 Å². The van der Waals surface area contributed by atoms with Gasteiger partial charge >= 0.3 is 7.60 Å². The minimum atomic E-state index is -4.88. The Morgan fingerprint density at radius 2 is 1.81 bits per heavy atom. The second-order valence-corrected chi connectivity index (χ2v) is 6.23. The van der Waals surface area contributed by atoms with E-state index in [4.69, 9.17) is 31.7 Å². The molecule has 0 unspecified atom stereocenters. The zero-order valence-electron chi connectivity index (χ0n) is 7.53. The van der Waals surface area contributed by atoms with Crippen molar-refractivity contribution in [2.24, 2.45) is 0 Å². The van der Waals surface area contributed by atoms with Gasteiger partial charge in [-0.25, -0.2) is 0 Å². The van der Waals surface area contributed by atoms with Crippen LogP contribution in [0.15, 0.2) is 17.0 Å². The number of benzene rings is 1. The molecule has 1 aromatic rings. The van der Waals surface area contributed by atoms with Gasteiger partial charge in [0.15, 0.2) is 0 Å². The van der Waals surface area contributed by atoms with Crippen molar-refractivity contribution in [1.29, 1.82) is 0 Å². The molecule has 0 fully saturated rings. The van der Waals surface area contributed by atoms with E-state index in [0.29, 0.717) is 12.1 Å². The lowest BCUT2D eigenvalue weighted by atomic mass is 10.3. The van der Waals surface area contributed by atoms with Crippen molar-refractivity contribution in [2.75, 3.05) is 5.73 Å². The first-order chi connectivity index (χ1) is 7.03. The van der Waals surface area contributed by atoms with E-state index in [9.17, 15) is 13.0 Å². The Bertz CT molecular complexity index is 579. The van der Waals surface area contributed by atoms with Gasteiger partial charge in [0.25, 0.3) is 10.1 Å². The smallest absolute Gasteiger partial charge is 0.357 e. The quantitative estimate of drug-likeness (QED) is 0.340. The average Bonchev–Trinajstić information content (AvgIpc) is 2.05. The molecule has 0 aromatic heterocycles. The molecule has 0 amide bonds. The zero-order chi connectivity index (χ0) is 12.7. The lowest BCUT2D eigenvalue weighted by Crippen LogP contribution is -2.16. The number of anilines is 1. The Morgan fingerprint density at radius 1 is 1.31 bits per heavy atom. The molecule has 1 rings (SSSR count). The summed E-state index contributed by atoms with van der Waals surface area (Å²) in [6.07, 6.45) is 0. The third-order valence-corrected chi connectivity index (χ3v) is 4.04. The van der Waals surface area contributed by atoms with Gasteiger partial charge in [0.1, 0.15) is 4.90 Å². The van der Waals surface area contributed by atoms with Crippen LogP contribution >= 0.6 is 19.2 Å². The third-order valence-electron chi connectivity index (χ3n) is 1.67. The van der Waals surface area contributed by atoms with E-state index >= 15 is 0 Å². The van der Waals surface area contributed by atoms with E-state index in [1.54, 1.807) is 0 Å². The number of rotatable bonds is 2. The van der Waals surface area contributed by atoms with Crippen LogP contribution in [-0.2, 0) is 14.7 Å². The molecule has 1 aromatic carbocycles. The SMILES string of the molecule is Nc1cc(P(=O)(O)O)c(S(=O)(=O)O)cc1Cl. The van der Waals surface area contributed by atoms with E-state index in [1.165, 1.54) is 0 Å². The molecule has 90 valence electrons. The molecular weight excluding hydrogens is 281 g/mol. The molecule has 0 aliphatic rings. The van der Waals surface area contributed by atoms with Gasteiger partial charge in [-0.05, 0) is 12.1 Å². The van der Waals surface area contributed by atoms with Crippen LogP contribution in [0.5, 0.6) is 0 Å². The summed E-state index contributed by atoms with van der Waals surface area (Å²) < 4.78 is 41.5. The van der Waals surface area contributed by atoms with Crippen LogP contribution < -0.4 is 11.0 Å². The van der Waals surface area contributed by atoms with Crippen molar-refractivity contribution in [2.45, 2.75) is 4.90 Å². The topological polar surface area (TPSA) is 138 Å². The Labute approximate surface area is 95.8 Å². The van der Waals surface area contributed by atoms with Crippen LogP contribution in [0.25, 0.3) is 0 Å². The highest BCUT2D eigenvalue weighted by molar-refractivity contribution is 7.86. The van der Waals surface area contributed by atoms with Crippen LogP contribution in [0.2, 0.25) is 5.02 Å². The number of hydrogen-bond donors (Lipinski definition) is 4. The number of halogens is 1. The van der Waals surface area contributed by atoms with Gasteiger partial charge in [0.2, 0.25) is 0 Å². The molecule has 16 heavy (non-hydrogen) atoms. The zero-order valence-corrected chi connectivity index (χ0v) is 10.00. The monoisotopic (exact) mass is 287 g/mol. The van der Waals surface area contributed by atoms with Crippen molar-refractivity contribution >= 4 is 40.3 Å². The van der Waals surface area contributed by atoms with E-state index < -0.39 is 27.9 Å². The Balaban J connectivity index is 3.73. The highest BCUT2D eigenvalue weighted by Gasteiger charge is 2.28. The lowest BCUT2D eigenvalue weighted by molar-refractivity contribution is 0.386. The Morgan fingerprint density at radius 3 is 2.19 bits per heavy atom. The normalized spacial score (nSPS) is 12.8. The van der Waals surface area contributed by atoms with Crippen LogP contribution in [0.3, 0.4) is 0 Å². The van der Waals surface area contributed by atoms with Gasteiger partial charge in [-0.3, -0.25) is 9.12 Å². The highest BCUT2D eigenvalue weighted by atomic mass is 35.5. The molecule has 10 heteroatoms. The number of nitrogens with two attached hydrogens (primary N) is 1. The maximum Gasteiger partial charge on any atom is 0.357 e. The van der Waals surface area contributed by atoms with Gasteiger partial charge < -0.3 is 15.5 Å². The first kappa shape index (κ1) is 13.4. The predicted molar refractivity (Wildman–Crippen MR) is 57.4 cm³/mol. The molecule has 0 saturated heterocycles. The van der Waals surface area contributed by atoms with Crippen LogP contribution in [0.1, 0.15) is 0 Å². The largest absolute Gasteiger partial charge is 0.397 e. The Kier molecular flexibility index (Phi) is 3.35. The fourth-order valence-corrected chi connectivity index (χ4v) is 3.17.